The van der Waals surface area contributed by atoms with E-state index in [0.29, 0.717) is 33.7 Å². The van der Waals surface area contributed by atoms with Crippen LogP contribution in [0.15, 0.2) is 77.7 Å². The van der Waals surface area contributed by atoms with Gasteiger partial charge in [0.05, 0.1) is 31.0 Å². The number of pyridine rings is 1. The summed E-state index contributed by atoms with van der Waals surface area (Å²) in [7, 11) is 3.05. The minimum absolute atomic E-state index is 0.0131. The second-order valence-electron chi connectivity index (χ2n) is 7.83. The van der Waals surface area contributed by atoms with Crippen LogP contribution in [0, 0.1) is 6.92 Å². The van der Waals surface area contributed by atoms with Crippen molar-refractivity contribution in [3.05, 3.63) is 99.8 Å². The van der Waals surface area contributed by atoms with Gasteiger partial charge in [-0.3, -0.25) is 14.4 Å². The summed E-state index contributed by atoms with van der Waals surface area (Å²) in [5.41, 5.74) is 1.99. The molecular weight excluding hydrogens is 432 g/mol. The second kappa shape index (κ2) is 9.62. The van der Waals surface area contributed by atoms with E-state index in [2.05, 4.69) is 5.32 Å². The number of amides is 1. The fraction of sp³-hybridized carbons (Fsp3) is 0.148. The number of anilines is 1. The topological polar surface area (TPSA) is 86.6 Å². The number of hydrogen-bond donors (Lipinski definition) is 1. The molecule has 1 aromatic heterocycles. The van der Waals surface area contributed by atoms with Crippen molar-refractivity contribution in [2.75, 3.05) is 19.5 Å². The van der Waals surface area contributed by atoms with Crippen molar-refractivity contribution in [3.63, 3.8) is 0 Å². The Morgan fingerprint density at radius 2 is 1.71 bits per heavy atom. The molecule has 0 unspecified atom stereocenters. The second-order valence-corrected chi connectivity index (χ2v) is 7.83. The number of aryl methyl sites for hydroxylation is 1. The van der Waals surface area contributed by atoms with Crippen molar-refractivity contribution >= 4 is 28.3 Å². The molecule has 1 N–H and O–H groups in total. The molecule has 34 heavy (non-hydrogen) atoms. The monoisotopic (exact) mass is 456 g/mol. The maximum Gasteiger partial charge on any atom is 0.244 e. The molecule has 0 fully saturated rings. The first kappa shape index (κ1) is 22.8. The van der Waals surface area contributed by atoms with Crippen molar-refractivity contribution in [1.82, 2.24) is 4.57 Å². The van der Waals surface area contributed by atoms with Crippen molar-refractivity contribution in [2.45, 2.75) is 13.5 Å². The molecule has 0 aliphatic heterocycles. The zero-order valence-electron chi connectivity index (χ0n) is 19.1. The lowest BCUT2D eigenvalue weighted by atomic mass is 10.0. The van der Waals surface area contributed by atoms with Gasteiger partial charge < -0.3 is 19.4 Å². The number of ether oxygens (including phenoxy) is 2. The van der Waals surface area contributed by atoms with Crippen LogP contribution in [-0.4, -0.2) is 30.5 Å². The van der Waals surface area contributed by atoms with Gasteiger partial charge in [0.15, 0.2) is 5.78 Å². The Hall–Kier alpha value is -4.39. The smallest absolute Gasteiger partial charge is 0.244 e. The molecule has 172 valence electrons. The molecule has 0 atom stereocenters. The van der Waals surface area contributed by atoms with E-state index in [0.717, 1.165) is 5.56 Å². The standard InChI is InChI=1S/C27H24N2O5/c1-17-9-12-23-20(13-17)27(32)21(26(31)18-7-5-4-6-8-18)15-29(23)16-25(30)28-22-11-10-19(33-2)14-24(22)34-3/h4-15H,16H2,1-3H3,(H,28,30). The SMILES string of the molecule is COc1ccc(NC(=O)Cn2cc(C(=O)c3ccccc3)c(=O)c3cc(C)ccc32)c(OC)c1. The number of ketones is 1. The van der Waals surface area contributed by atoms with Gasteiger partial charge in [-0.15, -0.1) is 0 Å². The number of methoxy groups -OCH3 is 2. The lowest BCUT2D eigenvalue weighted by molar-refractivity contribution is -0.116. The number of aromatic nitrogens is 1. The third-order valence-corrected chi connectivity index (χ3v) is 5.51. The largest absolute Gasteiger partial charge is 0.497 e. The Morgan fingerprint density at radius 1 is 0.941 bits per heavy atom. The van der Waals surface area contributed by atoms with E-state index in [4.69, 9.17) is 9.47 Å². The zero-order valence-corrected chi connectivity index (χ0v) is 19.1. The number of benzene rings is 3. The Balaban J connectivity index is 1.73. The Kier molecular flexibility index (Phi) is 6.45. The Labute approximate surface area is 196 Å². The first-order valence-electron chi connectivity index (χ1n) is 10.7. The van der Waals surface area contributed by atoms with Crippen molar-refractivity contribution in [2.24, 2.45) is 0 Å². The number of nitrogens with one attached hydrogen (secondary N) is 1. The minimum atomic E-state index is -0.389. The van der Waals surface area contributed by atoms with E-state index in [-0.39, 0.29) is 29.2 Å². The molecule has 1 amide bonds. The summed E-state index contributed by atoms with van der Waals surface area (Å²) >= 11 is 0. The van der Waals surface area contributed by atoms with Gasteiger partial charge in [-0.05, 0) is 31.2 Å². The van der Waals surface area contributed by atoms with Crippen molar-refractivity contribution in [1.29, 1.82) is 0 Å². The third-order valence-electron chi connectivity index (χ3n) is 5.51. The van der Waals surface area contributed by atoms with Crippen LogP contribution in [0.4, 0.5) is 5.69 Å². The Morgan fingerprint density at radius 3 is 2.41 bits per heavy atom. The maximum absolute atomic E-state index is 13.2. The molecule has 0 saturated heterocycles. The van der Waals surface area contributed by atoms with Gasteiger partial charge in [-0.25, -0.2) is 0 Å². The summed E-state index contributed by atoms with van der Waals surface area (Å²) in [4.78, 5) is 39.3. The predicted molar refractivity (Wildman–Crippen MR) is 131 cm³/mol. The summed E-state index contributed by atoms with van der Waals surface area (Å²) in [6.45, 7) is 1.77. The van der Waals surface area contributed by atoms with Crippen LogP contribution in [0.1, 0.15) is 21.5 Å². The normalized spacial score (nSPS) is 10.7. The summed E-state index contributed by atoms with van der Waals surface area (Å²) in [6.07, 6.45) is 1.46. The van der Waals surface area contributed by atoms with Crippen LogP contribution >= 0.6 is 0 Å². The van der Waals surface area contributed by atoms with Gasteiger partial charge in [0.25, 0.3) is 0 Å². The zero-order chi connectivity index (χ0) is 24.2. The number of fused-ring (bicyclic) bond motifs is 1. The molecule has 0 radical (unpaired) electrons. The lowest BCUT2D eigenvalue weighted by Crippen LogP contribution is -2.24. The number of carbonyl (C=O) groups is 2. The first-order valence-corrected chi connectivity index (χ1v) is 10.7. The van der Waals surface area contributed by atoms with E-state index in [9.17, 15) is 14.4 Å². The average molecular weight is 456 g/mol. The highest BCUT2D eigenvalue weighted by molar-refractivity contribution is 6.10. The average Bonchev–Trinajstić information content (AvgIpc) is 2.86. The predicted octanol–water partition coefficient (Wildman–Crippen LogP) is 4.20. The maximum atomic E-state index is 13.2. The molecule has 4 aromatic rings. The summed E-state index contributed by atoms with van der Waals surface area (Å²) in [5, 5.41) is 3.21. The van der Waals surface area contributed by atoms with E-state index < -0.39 is 0 Å². The van der Waals surface area contributed by atoms with Gasteiger partial charge >= 0.3 is 0 Å². The van der Waals surface area contributed by atoms with Crippen LogP contribution in [0.3, 0.4) is 0 Å². The summed E-state index contributed by atoms with van der Waals surface area (Å²) in [5.74, 6) is 0.320. The van der Waals surface area contributed by atoms with E-state index in [1.807, 2.05) is 13.0 Å². The molecule has 1 heterocycles. The Bertz CT molecular complexity index is 1440. The van der Waals surface area contributed by atoms with Gasteiger partial charge in [-0.2, -0.15) is 0 Å². The molecule has 7 heteroatoms. The van der Waals surface area contributed by atoms with Gasteiger partial charge in [-0.1, -0.05) is 42.0 Å². The van der Waals surface area contributed by atoms with Gasteiger partial charge in [0.1, 0.15) is 18.0 Å². The van der Waals surface area contributed by atoms with E-state index in [1.165, 1.54) is 13.3 Å². The molecule has 0 aliphatic carbocycles. The fourth-order valence-electron chi connectivity index (χ4n) is 3.80. The van der Waals surface area contributed by atoms with Crippen molar-refractivity contribution in [3.8, 4) is 11.5 Å². The molecule has 0 spiro atoms. The van der Waals surface area contributed by atoms with Gasteiger partial charge in [0, 0.05) is 23.2 Å². The summed E-state index contributed by atoms with van der Waals surface area (Å²) < 4.78 is 12.2. The van der Waals surface area contributed by atoms with E-state index in [1.54, 1.807) is 72.3 Å². The van der Waals surface area contributed by atoms with Crippen molar-refractivity contribution < 1.29 is 19.1 Å². The first-order chi connectivity index (χ1) is 16.4. The van der Waals surface area contributed by atoms with Crippen LogP contribution in [0.25, 0.3) is 10.9 Å². The number of nitrogens with zero attached hydrogens (tertiary/aromatic N) is 1. The highest BCUT2D eigenvalue weighted by Crippen LogP contribution is 2.29. The van der Waals surface area contributed by atoms with Crippen LogP contribution < -0.4 is 20.2 Å². The molecule has 0 aliphatic rings. The third kappa shape index (κ3) is 4.54. The number of carbonyl (C=O) groups excluding carboxylic acids is 2. The molecule has 7 nitrogen and oxygen atoms in total. The lowest BCUT2D eigenvalue weighted by Gasteiger charge is -2.15. The molecular formula is C27H24N2O5. The molecule has 3 aromatic carbocycles. The molecule has 4 rings (SSSR count). The minimum Gasteiger partial charge on any atom is -0.497 e. The number of rotatable bonds is 7. The quantitative estimate of drug-likeness (QED) is 0.421. The van der Waals surface area contributed by atoms with Gasteiger partial charge in [0.2, 0.25) is 11.3 Å². The highest BCUT2D eigenvalue weighted by Gasteiger charge is 2.19. The van der Waals surface area contributed by atoms with Crippen LogP contribution in [-0.2, 0) is 11.3 Å². The highest BCUT2D eigenvalue weighted by atomic mass is 16.5. The molecule has 0 saturated carbocycles. The van der Waals surface area contributed by atoms with Crippen LogP contribution in [0.2, 0.25) is 0 Å². The fourth-order valence-corrected chi connectivity index (χ4v) is 3.80. The summed E-state index contributed by atoms with van der Waals surface area (Å²) in [6, 6.07) is 19.1. The van der Waals surface area contributed by atoms with Crippen LogP contribution in [0.5, 0.6) is 11.5 Å². The van der Waals surface area contributed by atoms with E-state index >= 15 is 0 Å². The number of hydrogen-bond acceptors (Lipinski definition) is 5. The molecule has 0 bridgehead atoms.